The van der Waals surface area contributed by atoms with E-state index in [0.29, 0.717) is 18.5 Å². The van der Waals surface area contributed by atoms with E-state index in [4.69, 9.17) is 5.73 Å². The van der Waals surface area contributed by atoms with E-state index in [1.165, 1.54) is 12.1 Å². The van der Waals surface area contributed by atoms with Gasteiger partial charge in [-0.1, -0.05) is 0 Å². The van der Waals surface area contributed by atoms with Gasteiger partial charge >= 0.3 is 0 Å². The van der Waals surface area contributed by atoms with Crippen molar-refractivity contribution in [3.63, 3.8) is 0 Å². The summed E-state index contributed by atoms with van der Waals surface area (Å²) >= 11 is 0. The quantitative estimate of drug-likeness (QED) is 0.657. The van der Waals surface area contributed by atoms with Crippen LogP contribution in [-0.2, 0) is 15.4 Å². The van der Waals surface area contributed by atoms with Gasteiger partial charge in [0.25, 0.3) is 5.91 Å². The molecule has 2 aromatic rings. The summed E-state index contributed by atoms with van der Waals surface area (Å²) in [5.41, 5.74) is 5.81. The molecule has 0 radical (unpaired) electrons. The molecule has 148 valence electrons. The molecule has 1 aliphatic rings. The van der Waals surface area contributed by atoms with Gasteiger partial charge in [0, 0.05) is 18.1 Å². The number of hydrogen-bond acceptors (Lipinski definition) is 7. The van der Waals surface area contributed by atoms with E-state index in [9.17, 15) is 18.5 Å². The lowest BCUT2D eigenvalue weighted by molar-refractivity contribution is 0.100. The molecule has 4 N–H and O–H groups in total. The smallest absolute Gasteiger partial charge is 0.254 e. The molecule has 0 bridgehead atoms. The molecule has 1 saturated heterocycles. The number of piperidine rings is 1. The number of nitrogens with two attached hydrogens (primary N) is 1. The van der Waals surface area contributed by atoms with Gasteiger partial charge < -0.3 is 16.4 Å². The Hall–Kier alpha value is -2.90. The number of hydrogen-bond donors (Lipinski definition) is 3. The van der Waals surface area contributed by atoms with Gasteiger partial charge in [0.15, 0.2) is 15.7 Å². The van der Waals surface area contributed by atoms with E-state index in [-0.39, 0.29) is 22.7 Å². The molecule has 1 aromatic heterocycles. The average Bonchev–Trinajstić information content (AvgIpc) is 3.07. The van der Waals surface area contributed by atoms with Gasteiger partial charge in [0.2, 0.25) is 0 Å². The largest absolute Gasteiger partial charge is 0.365 e. The fourth-order valence-corrected chi connectivity index (χ4v) is 3.97. The van der Waals surface area contributed by atoms with Crippen LogP contribution >= 0.6 is 0 Å². The van der Waals surface area contributed by atoms with Crippen LogP contribution in [0.4, 0.5) is 11.5 Å². The maximum atomic E-state index is 11.9. The number of nitrogens with zero attached hydrogens (tertiary/aromatic N) is 3. The third kappa shape index (κ3) is 4.00. The van der Waals surface area contributed by atoms with Crippen molar-refractivity contribution in [2.45, 2.75) is 29.7 Å². The summed E-state index contributed by atoms with van der Waals surface area (Å²) in [6.45, 7) is 1.51. The number of primary amides is 1. The van der Waals surface area contributed by atoms with E-state index in [0.717, 1.165) is 19.3 Å². The summed E-state index contributed by atoms with van der Waals surface area (Å²) < 4.78 is 24.9. The SMILES string of the molecule is CS(=O)(=O)c1ccc(Nc2nn(C3(CC#N)CCNCC3)cc2C(N)=O)cc1. The van der Waals surface area contributed by atoms with Crippen LogP contribution in [0.5, 0.6) is 0 Å². The van der Waals surface area contributed by atoms with Crippen molar-refractivity contribution in [2.24, 2.45) is 5.73 Å². The molecular formula is C18H22N6O3S. The van der Waals surface area contributed by atoms with E-state index in [1.54, 1.807) is 23.0 Å². The van der Waals surface area contributed by atoms with Crippen LogP contribution in [0, 0.1) is 11.3 Å². The van der Waals surface area contributed by atoms with E-state index < -0.39 is 21.3 Å². The van der Waals surface area contributed by atoms with Gasteiger partial charge in [-0.25, -0.2) is 8.42 Å². The maximum Gasteiger partial charge on any atom is 0.254 e. The minimum absolute atomic E-state index is 0.196. The van der Waals surface area contributed by atoms with Gasteiger partial charge in [0.1, 0.15) is 5.56 Å². The lowest BCUT2D eigenvalue weighted by atomic mass is 9.86. The molecule has 28 heavy (non-hydrogen) atoms. The second kappa shape index (κ2) is 7.61. The number of anilines is 2. The topological polar surface area (TPSA) is 143 Å². The minimum Gasteiger partial charge on any atom is -0.365 e. The van der Waals surface area contributed by atoms with Crippen LogP contribution in [0.15, 0.2) is 35.4 Å². The highest BCUT2D eigenvalue weighted by Gasteiger charge is 2.36. The predicted molar refractivity (Wildman–Crippen MR) is 104 cm³/mol. The van der Waals surface area contributed by atoms with Crippen LogP contribution in [-0.4, -0.2) is 43.5 Å². The molecule has 2 heterocycles. The number of rotatable bonds is 6. The average molecular weight is 402 g/mol. The van der Waals surface area contributed by atoms with Crippen LogP contribution in [0.25, 0.3) is 0 Å². The molecule has 0 saturated carbocycles. The van der Waals surface area contributed by atoms with E-state index >= 15 is 0 Å². The van der Waals surface area contributed by atoms with Crippen LogP contribution < -0.4 is 16.4 Å². The highest BCUT2D eigenvalue weighted by Crippen LogP contribution is 2.33. The van der Waals surface area contributed by atoms with Crippen LogP contribution in [0.2, 0.25) is 0 Å². The number of nitriles is 1. The molecule has 1 fully saturated rings. The molecular weight excluding hydrogens is 380 g/mol. The third-order valence-corrected chi connectivity index (χ3v) is 6.08. The summed E-state index contributed by atoms with van der Waals surface area (Å²) in [4.78, 5) is 12.1. The Morgan fingerprint density at radius 3 is 2.54 bits per heavy atom. The zero-order chi connectivity index (χ0) is 20.4. The number of carbonyl (C=O) groups is 1. The van der Waals surface area contributed by atoms with Gasteiger partial charge in [-0.15, -0.1) is 0 Å². The number of benzene rings is 1. The summed E-state index contributed by atoms with van der Waals surface area (Å²) in [7, 11) is -3.30. The Kier molecular flexibility index (Phi) is 5.40. The highest BCUT2D eigenvalue weighted by atomic mass is 32.2. The Morgan fingerprint density at radius 1 is 1.36 bits per heavy atom. The predicted octanol–water partition coefficient (Wildman–Crippen LogP) is 1.12. The maximum absolute atomic E-state index is 11.9. The number of nitrogens with one attached hydrogen (secondary N) is 2. The van der Waals surface area contributed by atoms with Gasteiger partial charge in [-0.2, -0.15) is 10.4 Å². The minimum atomic E-state index is -3.30. The number of sulfone groups is 1. The zero-order valence-corrected chi connectivity index (χ0v) is 16.3. The first-order valence-electron chi connectivity index (χ1n) is 8.80. The lowest BCUT2D eigenvalue weighted by Gasteiger charge is -2.36. The Bertz CT molecular complexity index is 1010. The van der Waals surface area contributed by atoms with Crippen molar-refractivity contribution in [2.75, 3.05) is 24.7 Å². The monoisotopic (exact) mass is 402 g/mol. The van der Waals surface area contributed by atoms with E-state index in [1.807, 2.05) is 0 Å². The molecule has 0 spiro atoms. The first-order valence-corrected chi connectivity index (χ1v) is 10.7. The van der Waals surface area contributed by atoms with Crippen LogP contribution in [0.1, 0.15) is 29.6 Å². The Balaban J connectivity index is 1.95. The zero-order valence-electron chi connectivity index (χ0n) is 15.5. The van der Waals surface area contributed by atoms with Crippen molar-refractivity contribution >= 4 is 27.2 Å². The first kappa shape index (κ1) is 19.9. The Morgan fingerprint density at radius 2 is 2.00 bits per heavy atom. The number of amides is 1. The van der Waals surface area contributed by atoms with Gasteiger partial charge in [0.05, 0.1) is 22.9 Å². The molecule has 0 atom stereocenters. The molecule has 1 aromatic carbocycles. The third-order valence-electron chi connectivity index (χ3n) is 4.95. The summed E-state index contributed by atoms with van der Waals surface area (Å²) in [5, 5.41) is 20.1. The van der Waals surface area contributed by atoms with Crippen molar-refractivity contribution in [3.8, 4) is 6.07 Å². The summed E-state index contributed by atoms with van der Waals surface area (Å²) in [5.74, 6) is -0.363. The normalized spacial score (nSPS) is 16.3. The number of carbonyl (C=O) groups excluding carboxylic acids is 1. The highest BCUT2D eigenvalue weighted by molar-refractivity contribution is 7.90. The molecule has 10 heteroatoms. The fourth-order valence-electron chi connectivity index (χ4n) is 3.34. The first-order chi connectivity index (χ1) is 13.2. The lowest BCUT2D eigenvalue weighted by Crippen LogP contribution is -2.44. The van der Waals surface area contributed by atoms with Crippen molar-refractivity contribution < 1.29 is 13.2 Å². The Labute approximate surface area is 163 Å². The summed E-state index contributed by atoms with van der Waals surface area (Å²) in [6, 6.07) is 8.36. The van der Waals surface area contributed by atoms with Crippen LogP contribution in [0.3, 0.4) is 0 Å². The molecule has 3 rings (SSSR count). The number of aromatic nitrogens is 2. The summed E-state index contributed by atoms with van der Waals surface area (Å²) in [6.07, 6.45) is 4.41. The second-order valence-corrected chi connectivity index (χ2v) is 8.95. The van der Waals surface area contributed by atoms with E-state index in [2.05, 4.69) is 21.8 Å². The molecule has 9 nitrogen and oxygen atoms in total. The van der Waals surface area contributed by atoms with Crippen molar-refractivity contribution in [1.82, 2.24) is 15.1 Å². The molecule has 0 unspecified atom stereocenters. The second-order valence-electron chi connectivity index (χ2n) is 6.93. The van der Waals surface area contributed by atoms with Crippen molar-refractivity contribution in [3.05, 3.63) is 36.0 Å². The standard InChI is InChI=1S/C18H22N6O3S/c1-28(26,27)14-4-2-13(3-5-14)22-17-15(16(20)25)12-24(23-17)18(6-9-19)7-10-21-11-8-18/h2-5,12,21H,6-8,10-11H2,1H3,(H2,20,25)(H,22,23). The molecule has 1 aliphatic heterocycles. The van der Waals surface area contributed by atoms with Gasteiger partial charge in [-0.05, 0) is 50.2 Å². The van der Waals surface area contributed by atoms with Crippen molar-refractivity contribution in [1.29, 1.82) is 5.26 Å². The molecule has 1 amide bonds. The molecule has 0 aliphatic carbocycles. The van der Waals surface area contributed by atoms with Gasteiger partial charge in [-0.3, -0.25) is 9.48 Å². The fraction of sp³-hybridized carbons (Fsp3) is 0.389.